The number of aliphatic hydroxyl groups is 1. The minimum atomic E-state index is -0.651. The lowest BCUT2D eigenvalue weighted by atomic mass is 9.80. The molecule has 0 heterocycles. The van der Waals surface area contributed by atoms with Crippen molar-refractivity contribution >= 4 is 15.9 Å². The number of rotatable bonds is 3. The smallest absolute Gasteiger partial charge is 0.120 e. The topological polar surface area (TPSA) is 29.5 Å². The summed E-state index contributed by atoms with van der Waals surface area (Å²) in [6.07, 6.45) is 5.17. The molecular weight excluding hydrogens is 280 g/mol. The summed E-state index contributed by atoms with van der Waals surface area (Å²) in [7, 11) is 0. The molecule has 2 rings (SSSR count). The standard InChI is InChI=1S/C14H19BrO2/c1-2-17-11-6-7-12(13(15)10-11)14(16)8-4-3-5-9-14/h6-7,10,16H,2-5,8-9H2,1H3. The predicted molar refractivity (Wildman–Crippen MR) is 72.3 cm³/mol. The fraction of sp³-hybridized carbons (Fsp3) is 0.571. The molecule has 0 aromatic heterocycles. The molecule has 1 aliphatic carbocycles. The summed E-state index contributed by atoms with van der Waals surface area (Å²) in [6.45, 7) is 2.63. The van der Waals surface area contributed by atoms with Gasteiger partial charge in [-0.15, -0.1) is 0 Å². The van der Waals surface area contributed by atoms with Gasteiger partial charge in [-0.3, -0.25) is 0 Å². The maximum absolute atomic E-state index is 10.7. The minimum Gasteiger partial charge on any atom is -0.494 e. The van der Waals surface area contributed by atoms with E-state index >= 15 is 0 Å². The lowest BCUT2D eigenvalue weighted by molar-refractivity contribution is -0.00132. The van der Waals surface area contributed by atoms with Crippen LogP contribution in [0.25, 0.3) is 0 Å². The Morgan fingerprint density at radius 3 is 2.59 bits per heavy atom. The highest BCUT2D eigenvalue weighted by Crippen LogP contribution is 2.41. The van der Waals surface area contributed by atoms with Crippen LogP contribution in [0.1, 0.15) is 44.6 Å². The molecule has 1 aromatic rings. The highest BCUT2D eigenvalue weighted by molar-refractivity contribution is 9.10. The van der Waals surface area contributed by atoms with E-state index in [9.17, 15) is 5.11 Å². The second kappa shape index (κ2) is 5.40. The Hall–Kier alpha value is -0.540. The van der Waals surface area contributed by atoms with Crippen LogP contribution >= 0.6 is 15.9 Å². The molecule has 3 heteroatoms. The van der Waals surface area contributed by atoms with Crippen molar-refractivity contribution in [1.29, 1.82) is 0 Å². The first-order valence-electron chi connectivity index (χ1n) is 6.31. The van der Waals surface area contributed by atoms with Gasteiger partial charge in [0.05, 0.1) is 12.2 Å². The summed E-state index contributed by atoms with van der Waals surface area (Å²) < 4.78 is 6.40. The highest BCUT2D eigenvalue weighted by atomic mass is 79.9. The second-order valence-corrected chi connectivity index (χ2v) is 5.52. The van der Waals surface area contributed by atoms with E-state index in [-0.39, 0.29) is 0 Å². The van der Waals surface area contributed by atoms with E-state index in [4.69, 9.17) is 4.74 Å². The van der Waals surface area contributed by atoms with Crippen LogP contribution in [0.4, 0.5) is 0 Å². The van der Waals surface area contributed by atoms with E-state index in [2.05, 4.69) is 15.9 Å². The van der Waals surface area contributed by atoms with Crippen molar-refractivity contribution in [2.75, 3.05) is 6.61 Å². The third-order valence-corrected chi connectivity index (χ3v) is 4.09. The van der Waals surface area contributed by atoms with Crippen LogP contribution in [-0.2, 0) is 5.60 Å². The van der Waals surface area contributed by atoms with Crippen LogP contribution in [0.3, 0.4) is 0 Å². The first kappa shape index (κ1) is 12.9. The molecular formula is C14H19BrO2. The monoisotopic (exact) mass is 298 g/mol. The predicted octanol–water partition coefficient (Wildman–Crippen LogP) is 4.00. The molecule has 0 atom stereocenters. The number of halogens is 1. The average Bonchev–Trinajstić information content (AvgIpc) is 2.30. The molecule has 1 saturated carbocycles. The van der Waals surface area contributed by atoms with Gasteiger partial charge in [0.2, 0.25) is 0 Å². The molecule has 0 amide bonds. The van der Waals surface area contributed by atoms with E-state index in [0.29, 0.717) is 6.61 Å². The zero-order valence-corrected chi connectivity index (χ0v) is 11.8. The summed E-state index contributed by atoms with van der Waals surface area (Å²) >= 11 is 3.55. The van der Waals surface area contributed by atoms with Crippen molar-refractivity contribution in [3.63, 3.8) is 0 Å². The molecule has 0 aliphatic heterocycles. The number of ether oxygens (including phenoxy) is 1. The van der Waals surface area contributed by atoms with Crippen molar-refractivity contribution in [3.8, 4) is 5.75 Å². The molecule has 0 saturated heterocycles. The average molecular weight is 299 g/mol. The normalized spacial score (nSPS) is 19.0. The van der Waals surface area contributed by atoms with Crippen molar-refractivity contribution in [3.05, 3.63) is 28.2 Å². The highest BCUT2D eigenvalue weighted by Gasteiger charge is 2.32. The van der Waals surface area contributed by atoms with Crippen molar-refractivity contribution in [2.45, 2.75) is 44.6 Å². The van der Waals surface area contributed by atoms with Gasteiger partial charge in [-0.2, -0.15) is 0 Å². The lowest BCUT2D eigenvalue weighted by Crippen LogP contribution is -2.28. The molecule has 0 unspecified atom stereocenters. The summed E-state index contributed by atoms with van der Waals surface area (Å²) in [5.41, 5.74) is 0.350. The lowest BCUT2D eigenvalue weighted by Gasteiger charge is -2.33. The molecule has 1 N–H and O–H groups in total. The van der Waals surface area contributed by atoms with Crippen LogP contribution in [-0.4, -0.2) is 11.7 Å². The molecule has 1 aliphatic rings. The van der Waals surface area contributed by atoms with Gasteiger partial charge in [-0.1, -0.05) is 41.3 Å². The van der Waals surface area contributed by atoms with Gasteiger partial charge < -0.3 is 9.84 Å². The van der Waals surface area contributed by atoms with Crippen LogP contribution in [0.15, 0.2) is 22.7 Å². The maximum Gasteiger partial charge on any atom is 0.120 e. The molecule has 17 heavy (non-hydrogen) atoms. The summed E-state index contributed by atoms with van der Waals surface area (Å²) in [5.74, 6) is 0.850. The SMILES string of the molecule is CCOc1ccc(C2(O)CCCCC2)c(Br)c1. The van der Waals surface area contributed by atoms with E-state index < -0.39 is 5.60 Å². The Kier molecular flexibility index (Phi) is 4.10. The van der Waals surface area contributed by atoms with Gasteiger partial charge in [0, 0.05) is 4.47 Å². The first-order chi connectivity index (χ1) is 8.15. The molecule has 1 aromatic carbocycles. The summed E-state index contributed by atoms with van der Waals surface area (Å²) in [5, 5.41) is 10.7. The minimum absolute atomic E-state index is 0.651. The van der Waals surface area contributed by atoms with Crippen molar-refractivity contribution < 1.29 is 9.84 Å². The summed E-state index contributed by atoms with van der Waals surface area (Å²) in [4.78, 5) is 0. The molecule has 0 radical (unpaired) electrons. The molecule has 0 bridgehead atoms. The Bertz CT molecular complexity index is 384. The van der Waals surface area contributed by atoms with Gasteiger partial charge in [-0.25, -0.2) is 0 Å². The van der Waals surface area contributed by atoms with Gasteiger partial charge in [0.25, 0.3) is 0 Å². The fourth-order valence-electron chi connectivity index (χ4n) is 2.54. The van der Waals surface area contributed by atoms with E-state index in [1.165, 1.54) is 6.42 Å². The maximum atomic E-state index is 10.7. The molecule has 94 valence electrons. The molecule has 2 nitrogen and oxygen atoms in total. The number of hydrogen-bond donors (Lipinski definition) is 1. The largest absolute Gasteiger partial charge is 0.494 e. The third-order valence-electron chi connectivity index (χ3n) is 3.43. The molecule has 0 spiro atoms. The van der Waals surface area contributed by atoms with Crippen LogP contribution < -0.4 is 4.74 Å². The Morgan fingerprint density at radius 1 is 1.29 bits per heavy atom. The van der Waals surface area contributed by atoms with Crippen LogP contribution in [0, 0.1) is 0 Å². The second-order valence-electron chi connectivity index (χ2n) is 4.67. The quantitative estimate of drug-likeness (QED) is 0.914. The van der Waals surface area contributed by atoms with Crippen molar-refractivity contribution in [1.82, 2.24) is 0 Å². The fourth-order valence-corrected chi connectivity index (χ4v) is 3.26. The Labute approximate surface area is 111 Å². The zero-order chi connectivity index (χ0) is 12.3. The van der Waals surface area contributed by atoms with E-state index in [0.717, 1.165) is 41.5 Å². The van der Waals surface area contributed by atoms with Crippen LogP contribution in [0.5, 0.6) is 5.75 Å². The zero-order valence-electron chi connectivity index (χ0n) is 10.2. The van der Waals surface area contributed by atoms with E-state index in [1.54, 1.807) is 0 Å². The van der Waals surface area contributed by atoms with Gasteiger partial charge in [0.1, 0.15) is 5.75 Å². The Balaban J connectivity index is 2.25. The van der Waals surface area contributed by atoms with Gasteiger partial charge in [0.15, 0.2) is 0 Å². The summed E-state index contributed by atoms with van der Waals surface area (Å²) in [6, 6.07) is 5.88. The van der Waals surface area contributed by atoms with Gasteiger partial charge in [-0.05, 0) is 37.5 Å². The number of hydrogen-bond acceptors (Lipinski definition) is 2. The van der Waals surface area contributed by atoms with Gasteiger partial charge >= 0.3 is 0 Å². The third kappa shape index (κ3) is 2.83. The van der Waals surface area contributed by atoms with Crippen LogP contribution in [0.2, 0.25) is 0 Å². The van der Waals surface area contributed by atoms with E-state index in [1.807, 2.05) is 25.1 Å². The van der Waals surface area contributed by atoms with Crippen molar-refractivity contribution in [2.24, 2.45) is 0 Å². The first-order valence-corrected chi connectivity index (χ1v) is 7.10. The Morgan fingerprint density at radius 2 is 2.00 bits per heavy atom. The molecule has 1 fully saturated rings. The number of benzene rings is 1.